The summed E-state index contributed by atoms with van der Waals surface area (Å²) < 4.78 is 0. The highest BCUT2D eigenvalue weighted by Crippen LogP contribution is 2.37. The molecular weight excluding hydrogens is 322 g/mol. The average Bonchev–Trinajstić information content (AvgIpc) is 3.10. The molecule has 0 radical (unpaired) electrons. The van der Waals surface area contributed by atoms with E-state index < -0.39 is 0 Å². The topological polar surface area (TPSA) is 45.2 Å². The Kier molecular flexibility index (Phi) is 4.15. The number of aromatic nitrogens is 1. The Morgan fingerprint density at radius 2 is 2.12 bits per heavy atom. The second-order valence-electron chi connectivity index (χ2n) is 6.50. The zero-order valence-electron chi connectivity index (χ0n) is 13.5. The van der Waals surface area contributed by atoms with Gasteiger partial charge in [0.1, 0.15) is 5.82 Å². The molecule has 1 amide bonds. The molecule has 1 aromatic carbocycles. The third-order valence-electron chi connectivity index (χ3n) is 4.95. The van der Waals surface area contributed by atoms with Gasteiger partial charge < -0.3 is 10.2 Å². The summed E-state index contributed by atoms with van der Waals surface area (Å²) in [5, 5.41) is 3.77. The van der Waals surface area contributed by atoms with Gasteiger partial charge in [-0.05, 0) is 48.6 Å². The van der Waals surface area contributed by atoms with Gasteiger partial charge in [0.2, 0.25) is 5.91 Å². The van der Waals surface area contributed by atoms with Crippen LogP contribution in [0, 0.1) is 0 Å². The number of carbonyl (C=O) groups excluding carboxylic acids is 1. The SMILES string of the molecule is O=C(NCc1cccnc1N1CCCC1)C1Cc2ccc(Cl)cc21. The molecule has 0 bridgehead atoms. The second kappa shape index (κ2) is 6.44. The van der Waals surface area contributed by atoms with Gasteiger partial charge in [-0.1, -0.05) is 23.7 Å². The van der Waals surface area contributed by atoms with Crippen molar-refractivity contribution < 1.29 is 4.79 Å². The summed E-state index contributed by atoms with van der Waals surface area (Å²) in [7, 11) is 0. The monoisotopic (exact) mass is 341 g/mol. The maximum Gasteiger partial charge on any atom is 0.228 e. The minimum Gasteiger partial charge on any atom is -0.356 e. The molecular formula is C19H20ClN3O. The molecule has 1 unspecified atom stereocenters. The molecule has 2 heterocycles. The molecule has 4 nitrogen and oxygen atoms in total. The number of amides is 1. The quantitative estimate of drug-likeness (QED) is 0.928. The van der Waals surface area contributed by atoms with Crippen LogP contribution in [0.15, 0.2) is 36.5 Å². The van der Waals surface area contributed by atoms with Gasteiger partial charge in [0, 0.05) is 36.4 Å². The van der Waals surface area contributed by atoms with Crippen LogP contribution in [0.4, 0.5) is 5.82 Å². The molecule has 1 aromatic heterocycles. The van der Waals surface area contributed by atoms with Crippen LogP contribution in [-0.2, 0) is 17.8 Å². The lowest BCUT2D eigenvalue weighted by atomic mass is 9.77. The molecule has 2 aromatic rings. The predicted molar refractivity (Wildman–Crippen MR) is 95.4 cm³/mol. The van der Waals surface area contributed by atoms with E-state index in [1.165, 1.54) is 18.4 Å². The largest absolute Gasteiger partial charge is 0.356 e. The van der Waals surface area contributed by atoms with Crippen molar-refractivity contribution in [2.75, 3.05) is 18.0 Å². The van der Waals surface area contributed by atoms with Crippen molar-refractivity contribution in [2.24, 2.45) is 0 Å². The van der Waals surface area contributed by atoms with E-state index in [1.807, 2.05) is 36.5 Å². The summed E-state index contributed by atoms with van der Waals surface area (Å²) in [5.41, 5.74) is 3.36. The lowest BCUT2D eigenvalue weighted by molar-refractivity contribution is -0.123. The molecule has 2 aliphatic rings. The van der Waals surface area contributed by atoms with Gasteiger partial charge in [-0.3, -0.25) is 4.79 Å². The maximum atomic E-state index is 12.5. The predicted octanol–water partition coefficient (Wildman–Crippen LogP) is 3.29. The number of pyridine rings is 1. The lowest BCUT2D eigenvalue weighted by Gasteiger charge is -2.29. The number of fused-ring (bicyclic) bond motifs is 1. The first kappa shape index (κ1) is 15.5. The number of nitrogens with one attached hydrogen (secondary N) is 1. The van der Waals surface area contributed by atoms with Crippen LogP contribution in [-0.4, -0.2) is 24.0 Å². The van der Waals surface area contributed by atoms with Crippen molar-refractivity contribution in [2.45, 2.75) is 31.7 Å². The number of hydrogen-bond acceptors (Lipinski definition) is 3. The summed E-state index contributed by atoms with van der Waals surface area (Å²) in [6.45, 7) is 2.61. The lowest BCUT2D eigenvalue weighted by Crippen LogP contribution is -2.35. The maximum absolute atomic E-state index is 12.5. The molecule has 1 saturated heterocycles. The Morgan fingerprint density at radius 3 is 2.96 bits per heavy atom. The van der Waals surface area contributed by atoms with Crippen LogP contribution < -0.4 is 10.2 Å². The highest BCUT2D eigenvalue weighted by Gasteiger charge is 2.32. The van der Waals surface area contributed by atoms with Crippen LogP contribution in [0.25, 0.3) is 0 Å². The Bertz CT molecular complexity index is 771. The third-order valence-corrected chi connectivity index (χ3v) is 5.19. The van der Waals surface area contributed by atoms with Crippen molar-refractivity contribution in [1.82, 2.24) is 10.3 Å². The Hall–Kier alpha value is -2.07. The fourth-order valence-corrected chi connectivity index (χ4v) is 3.78. The number of anilines is 1. The van der Waals surface area contributed by atoms with Crippen molar-refractivity contribution in [1.29, 1.82) is 0 Å². The summed E-state index contributed by atoms with van der Waals surface area (Å²) in [6.07, 6.45) is 5.04. The van der Waals surface area contributed by atoms with Crippen LogP contribution in [0.5, 0.6) is 0 Å². The molecule has 1 aliphatic heterocycles. The molecule has 1 N–H and O–H groups in total. The number of nitrogens with zero attached hydrogens (tertiary/aromatic N) is 2. The normalized spacial score (nSPS) is 18.9. The third kappa shape index (κ3) is 2.86. The van der Waals surface area contributed by atoms with E-state index in [1.54, 1.807) is 0 Å². The van der Waals surface area contributed by atoms with Gasteiger partial charge in [-0.2, -0.15) is 0 Å². The summed E-state index contributed by atoms with van der Waals surface area (Å²) in [5.74, 6) is 0.999. The number of benzene rings is 1. The summed E-state index contributed by atoms with van der Waals surface area (Å²) in [4.78, 5) is 19.3. The average molecular weight is 342 g/mol. The van der Waals surface area contributed by atoms with Crippen molar-refractivity contribution >= 4 is 23.3 Å². The van der Waals surface area contributed by atoms with E-state index in [2.05, 4.69) is 15.2 Å². The van der Waals surface area contributed by atoms with E-state index in [-0.39, 0.29) is 11.8 Å². The molecule has 124 valence electrons. The first-order chi connectivity index (χ1) is 11.7. The molecule has 0 saturated carbocycles. The van der Waals surface area contributed by atoms with Gasteiger partial charge in [0.05, 0.1) is 5.92 Å². The number of halogens is 1. The van der Waals surface area contributed by atoms with E-state index in [9.17, 15) is 4.79 Å². The number of hydrogen-bond donors (Lipinski definition) is 1. The second-order valence-corrected chi connectivity index (χ2v) is 6.93. The Balaban J connectivity index is 1.43. The van der Waals surface area contributed by atoms with Gasteiger partial charge in [-0.15, -0.1) is 0 Å². The van der Waals surface area contributed by atoms with Gasteiger partial charge in [0.15, 0.2) is 0 Å². The van der Waals surface area contributed by atoms with Crippen molar-refractivity contribution in [3.8, 4) is 0 Å². The van der Waals surface area contributed by atoms with Crippen LogP contribution >= 0.6 is 11.6 Å². The first-order valence-corrected chi connectivity index (χ1v) is 8.85. The fourth-order valence-electron chi connectivity index (χ4n) is 3.60. The molecule has 0 spiro atoms. The zero-order chi connectivity index (χ0) is 16.5. The number of rotatable bonds is 4. The highest BCUT2D eigenvalue weighted by molar-refractivity contribution is 6.30. The minimum absolute atomic E-state index is 0.0704. The van der Waals surface area contributed by atoms with Gasteiger partial charge in [0.25, 0.3) is 0 Å². The highest BCUT2D eigenvalue weighted by atomic mass is 35.5. The van der Waals surface area contributed by atoms with Gasteiger partial charge >= 0.3 is 0 Å². The number of carbonyl (C=O) groups is 1. The summed E-state index contributed by atoms with van der Waals surface area (Å²) >= 11 is 6.04. The van der Waals surface area contributed by atoms with Crippen LogP contribution in [0.3, 0.4) is 0 Å². The fraction of sp³-hybridized carbons (Fsp3) is 0.368. The van der Waals surface area contributed by atoms with Crippen molar-refractivity contribution in [3.63, 3.8) is 0 Å². The Morgan fingerprint density at radius 1 is 1.29 bits per heavy atom. The van der Waals surface area contributed by atoms with E-state index in [4.69, 9.17) is 11.6 Å². The Labute approximate surface area is 146 Å². The molecule has 24 heavy (non-hydrogen) atoms. The van der Waals surface area contributed by atoms with E-state index in [0.29, 0.717) is 11.6 Å². The molecule has 1 atom stereocenters. The van der Waals surface area contributed by atoms with Crippen molar-refractivity contribution in [3.05, 3.63) is 58.2 Å². The molecule has 5 heteroatoms. The minimum atomic E-state index is -0.0781. The van der Waals surface area contributed by atoms with Gasteiger partial charge in [-0.25, -0.2) is 4.98 Å². The first-order valence-electron chi connectivity index (χ1n) is 8.47. The smallest absolute Gasteiger partial charge is 0.228 e. The van der Waals surface area contributed by atoms with E-state index >= 15 is 0 Å². The van der Waals surface area contributed by atoms with E-state index in [0.717, 1.165) is 36.5 Å². The standard InChI is InChI=1S/C19H20ClN3O/c20-15-6-5-13-10-17(16(13)11-15)19(24)22-12-14-4-3-7-21-18(14)23-8-1-2-9-23/h3-7,11,17H,1-2,8-10,12H2,(H,22,24). The zero-order valence-corrected chi connectivity index (χ0v) is 14.2. The van der Waals surface area contributed by atoms with Crippen LogP contribution in [0.1, 0.15) is 35.4 Å². The molecule has 1 fully saturated rings. The molecule has 1 aliphatic carbocycles. The summed E-state index contributed by atoms with van der Waals surface area (Å²) in [6, 6.07) is 9.77. The van der Waals surface area contributed by atoms with Crippen LogP contribution in [0.2, 0.25) is 5.02 Å². The molecule has 4 rings (SSSR count).